The molecular weight excluding hydrogens is 328 g/mol. The average molecular weight is 348 g/mol. The number of aromatic amines is 1. The minimum atomic E-state index is -0.0816. The Morgan fingerprint density at radius 3 is 2.62 bits per heavy atom. The summed E-state index contributed by atoms with van der Waals surface area (Å²) in [7, 11) is 5.63. The summed E-state index contributed by atoms with van der Waals surface area (Å²) in [5.41, 5.74) is 4.14. The number of rotatable bonds is 4. The van der Waals surface area contributed by atoms with Crippen LogP contribution in [0.3, 0.4) is 0 Å². The molecule has 0 amide bonds. The molecule has 0 saturated carbocycles. The Kier molecular flexibility index (Phi) is 3.88. The molecule has 132 valence electrons. The number of hydrogen-bond acceptors (Lipinski definition) is 4. The summed E-state index contributed by atoms with van der Waals surface area (Å²) >= 11 is 0. The highest BCUT2D eigenvalue weighted by Gasteiger charge is 2.12. The Morgan fingerprint density at radius 2 is 1.92 bits per heavy atom. The number of aromatic nitrogens is 3. The normalized spacial score (nSPS) is 11.2. The van der Waals surface area contributed by atoms with Gasteiger partial charge >= 0.3 is 0 Å². The molecule has 0 radical (unpaired) electrons. The van der Waals surface area contributed by atoms with Gasteiger partial charge in [-0.05, 0) is 29.8 Å². The Hall–Kier alpha value is -3.28. The summed E-state index contributed by atoms with van der Waals surface area (Å²) in [5, 5.41) is 0.917. The molecule has 1 N–H and O–H groups in total. The number of benzene rings is 2. The number of nitrogens with zero attached hydrogens (tertiary/aromatic N) is 3. The van der Waals surface area contributed by atoms with Crippen LogP contribution < -0.4 is 15.2 Å². The van der Waals surface area contributed by atoms with Gasteiger partial charge in [0.25, 0.3) is 5.56 Å². The maximum absolute atomic E-state index is 12.9. The summed E-state index contributed by atoms with van der Waals surface area (Å²) in [5.74, 6) is 0.741. The van der Waals surface area contributed by atoms with E-state index in [1.165, 1.54) is 0 Å². The number of anilines is 1. The zero-order chi connectivity index (χ0) is 18.3. The van der Waals surface area contributed by atoms with Gasteiger partial charge in [-0.1, -0.05) is 12.1 Å². The number of nitrogens with one attached hydrogen (secondary N) is 1. The smallest absolute Gasteiger partial charge is 0.277 e. The van der Waals surface area contributed by atoms with Gasteiger partial charge in [-0.25, -0.2) is 4.98 Å². The molecule has 0 aliphatic carbocycles. The summed E-state index contributed by atoms with van der Waals surface area (Å²) in [6.45, 7) is 0.480. The molecule has 26 heavy (non-hydrogen) atoms. The maximum atomic E-state index is 12.9. The van der Waals surface area contributed by atoms with Crippen molar-refractivity contribution in [2.75, 3.05) is 26.1 Å². The second kappa shape index (κ2) is 6.22. The first-order valence-corrected chi connectivity index (χ1v) is 8.38. The molecule has 0 aliphatic rings. The lowest BCUT2D eigenvalue weighted by Crippen LogP contribution is -2.21. The van der Waals surface area contributed by atoms with Crippen LogP contribution in [0.4, 0.5) is 5.69 Å². The van der Waals surface area contributed by atoms with Crippen molar-refractivity contribution >= 4 is 27.6 Å². The third-order valence-corrected chi connectivity index (χ3v) is 4.58. The van der Waals surface area contributed by atoms with Crippen LogP contribution in [0.25, 0.3) is 21.9 Å². The molecule has 2 aromatic heterocycles. The number of hydrogen-bond donors (Lipinski definition) is 1. The highest BCUT2D eigenvalue weighted by Crippen LogP contribution is 2.25. The van der Waals surface area contributed by atoms with Crippen LogP contribution in [0.15, 0.2) is 53.6 Å². The fraction of sp³-hybridized carbons (Fsp3) is 0.200. The summed E-state index contributed by atoms with van der Waals surface area (Å²) < 4.78 is 6.88. The van der Waals surface area contributed by atoms with E-state index in [0.29, 0.717) is 17.6 Å². The molecule has 0 aliphatic heterocycles. The predicted molar refractivity (Wildman–Crippen MR) is 104 cm³/mol. The molecule has 0 unspecified atom stereocenters. The molecule has 2 heterocycles. The minimum Gasteiger partial charge on any atom is -0.497 e. The highest BCUT2D eigenvalue weighted by molar-refractivity contribution is 6.04. The van der Waals surface area contributed by atoms with Crippen molar-refractivity contribution in [2.45, 2.75) is 6.54 Å². The Balaban J connectivity index is 1.75. The number of ether oxygens (including phenoxy) is 1. The molecular formula is C20H20N4O2. The Morgan fingerprint density at radius 1 is 1.15 bits per heavy atom. The van der Waals surface area contributed by atoms with Crippen molar-refractivity contribution in [2.24, 2.45) is 0 Å². The van der Waals surface area contributed by atoms with Crippen LogP contribution in [0.2, 0.25) is 0 Å². The van der Waals surface area contributed by atoms with E-state index in [2.05, 4.69) is 9.97 Å². The SMILES string of the molecule is COc1ccc2c(c1)[nH]c1c(=O)n(Cc3ccc(N(C)C)cc3)cnc12. The molecule has 0 fully saturated rings. The van der Waals surface area contributed by atoms with E-state index in [9.17, 15) is 4.79 Å². The van der Waals surface area contributed by atoms with Gasteiger partial charge in [0.1, 0.15) is 16.8 Å². The summed E-state index contributed by atoms with van der Waals surface area (Å²) in [4.78, 5) is 22.6. The fourth-order valence-electron chi connectivity index (χ4n) is 3.11. The highest BCUT2D eigenvalue weighted by atomic mass is 16.5. The molecule has 0 spiro atoms. The number of H-pyrrole nitrogens is 1. The van der Waals surface area contributed by atoms with Crippen molar-refractivity contribution < 1.29 is 4.74 Å². The van der Waals surface area contributed by atoms with Gasteiger partial charge in [-0.2, -0.15) is 0 Å². The molecule has 2 aromatic carbocycles. The second-order valence-corrected chi connectivity index (χ2v) is 6.50. The molecule has 4 rings (SSSR count). The molecule has 0 saturated heterocycles. The lowest BCUT2D eigenvalue weighted by atomic mass is 10.2. The third-order valence-electron chi connectivity index (χ3n) is 4.58. The van der Waals surface area contributed by atoms with Crippen LogP contribution in [0.5, 0.6) is 5.75 Å². The second-order valence-electron chi connectivity index (χ2n) is 6.50. The maximum Gasteiger partial charge on any atom is 0.277 e. The van der Waals surface area contributed by atoms with Crippen molar-refractivity contribution in [3.63, 3.8) is 0 Å². The summed E-state index contributed by atoms with van der Waals surface area (Å²) in [6.07, 6.45) is 1.61. The van der Waals surface area contributed by atoms with Crippen molar-refractivity contribution in [3.8, 4) is 5.75 Å². The van der Waals surface area contributed by atoms with Crippen molar-refractivity contribution in [1.82, 2.24) is 14.5 Å². The van der Waals surface area contributed by atoms with Crippen LogP contribution in [-0.4, -0.2) is 35.7 Å². The fourth-order valence-corrected chi connectivity index (χ4v) is 3.11. The van der Waals surface area contributed by atoms with E-state index in [1.54, 1.807) is 18.0 Å². The average Bonchev–Trinajstić information content (AvgIpc) is 3.03. The van der Waals surface area contributed by atoms with E-state index < -0.39 is 0 Å². The lowest BCUT2D eigenvalue weighted by Gasteiger charge is -2.13. The van der Waals surface area contributed by atoms with Crippen molar-refractivity contribution in [3.05, 3.63) is 64.7 Å². The van der Waals surface area contributed by atoms with Gasteiger partial charge in [0, 0.05) is 31.2 Å². The topological polar surface area (TPSA) is 63.2 Å². The molecule has 6 nitrogen and oxygen atoms in total. The number of fused-ring (bicyclic) bond motifs is 3. The van der Waals surface area contributed by atoms with Gasteiger partial charge in [0.2, 0.25) is 0 Å². The number of methoxy groups -OCH3 is 1. The van der Waals surface area contributed by atoms with E-state index in [-0.39, 0.29) is 5.56 Å². The molecule has 0 atom stereocenters. The quantitative estimate of drug-likeness (QED) is 0.616. The monoisotopic (exact) mass is 348 g/mol. The summed E-state index contributed by atoms with van der Waals surface area (Å²) in [6, 6.07) is 13.8. The van der Waals surface area contributed by atoms with E-state index in [0.717, 1.165) is 27.9 Å². The van der Waals surface area contributed by atoms with E-state index in [1.807, 2.05) is 61.5 Å². The first-order valence-electron chi connectivity index (χ1n) is 8.38. The first-order chi connectivity index (χ1) is 12.6. The molecule has 6 heteroatoms. The van der Waals surface area contributed by atoms with Gasteiger partial charge in [-0.3, -0.25) is 9.36 Å². The van der Waals surface area contributed by atoms with Crippen molar-refractivity contribution in [1.29, 1.82) is 0 Å². The van der Waals surface area contributed by atoms with Crippen LogP contribution in [-0.2, 0) is 6.54 Å². The van der Waals surface area contributed by atoms with Crippen LogP contribution in [0.1, 0.15) is 5.56 Å². The van der Waals surface area contributed by atoms with Crippen LogP contribution >= 0.6 is 0 Å². The Bertz CT molecular complexity index is 1140. The van der Waals surface area contributed by atoms with E-state index >= 15 is 0 Å². The lowest BCUT2D eigenvalue weighted by molar-refractivity contribution is 0.415. The zero-order valence-electron chi connectivity index (χ0n) is 15.0. The van der Waals surface area contributed by atoms with Gasteiger partial charge in [0.05, 0.1) is 25.5 Å². The zero-order valence-corrected chi connectivity index (χ0v) is 15.0. The largest absolute Gasteiger partial charge is 0.497 e. The predicted octanol–water partition coefficient (Wildman–Crippen LogP) is 3.00. The van der Waals surface area contributed by atoms with Gasteiger partial charge < -0.3 is 14.6 Å². The molecule has 0 bridgehead atoms. The Labute approximate surface area is 150 Å². The molecule has 4 aromatic rings. The minimum absolute atomic E-state index is 0.0816. The van der Waals surface area contributed by atoms with Crippen LogP contribution in [0, 0.1) is 0 Å². The third kappa shape index (κ3) is 2.69. The standard InChI is InChI=1S/C20H20N4O2/c1-23(2)14-6-4-13(5-7-14)11-24-12-21-18-16-9-8-15(26-3)10-17(16)22-19(18)20(24)25/h4-10,12,22H,11H2,1-3H3. The van der Waals surface area contributed by atoms with E-state index in [4.69, 9.17) is 4.74 Å². The van der Waals surface area contributed by atoms with Gasteiger partial charge in [-0.15, -0.1) is 0 Å². The van der Waals surface area contributed by atoms with Gasteiger partial charge in [0.15, 0.2) is 0 Å². The first kappa shape index (κ1) is 16.2.